The number of hydrogen-bond donors (Lipinski definition) is 1. The molecule has 0 aliphatic heterocycles. The van der Waals surface area contributed by atoms with Gasteiger partial charge in [-0.15, -0.1) is 0 Å². The summed E-state index contributed by atoms with van der Waals surface area (Å²) < 4.78 is 7.21. The SMILES string of the molecule is CCNC(c1ccc(Cl)c(OC)c1)c1cn(C)cn1. The Kier molecular flexibility index (Phi) is 4.45. The Bertz CT molecular complexity index is 553. The summed E-state index contributed by atoms with van der Waals surface area (Å²) in [6.45, 7) is 2.93. The minimum absolute atomic E-state index is 0.0392. The summed E-state index contributed by atoms with van der Waals surface area (Å²) in [6.07, 6.45) is 3.81. The molecule has 1 heterocycles. The van der Waals surface area contributed by atoms with Crippen molar-refractivity contribution in [1.82, 2.24) is 14.9 Å². The Morgan fingerprint density at radius 1 is 1.47 bits per heavy atom. The van der Waals surface area contributed by atoms with Crippen molar-refractivity contribution in [3.63, 3.8) is 0 Å². The number of rotatable bonds is 5. The molecule has 0 saturated carbocycles. The first-order valence-electron chi connectivity index (χ1n) is 6.20. The normalized spacial score (nSPS) is 12.4. The molecule has 1 atom stereocenters. The zero-order chi connectivity index (χ0) is 13.8. The summed E-state index contributed by atoms with van der Waals surface area (Å²) in [5, 5.41) is 4.04. The van der Waals surface area contributed by atoms with Crippen LogP contribution in [0.1, 0.15) is 24.2 Å². The first-order valence-corrected chi connectivity index (χ1v) is 6.58. The van der Waals surface area contributed by atoms with Gasteiger partial charge in [-0.05, 0) is 24.2 Å². The van der Waals surface area contributed by atoms with Crippen LogP contribution in [0.15, 0.2) is 30.7 Å². The molecule has 1 aromatic carbocycles. The van der Waals surface area contributed by atoms with Gasteiger partial charge in [0.15, 0.2) is 0 Å². The van der Waals surface area contributed by atoms with E-state index in [2.05, 4.69) is 17.2 Å². The number of methoxy groups -OCH3 is 1. The molecule has 19 heavy (non-hydrogen) atoms. The maximum Gasteiger partial charge on any atom is 0.137 e. The summed E-state index contributed by atoms with van der Waals surface area (Å²) in [5.41, 5.74) is 2.07. The van der Waals surface area contributed by atoms with Gasteiger partial charge in [-0.25, -0.2) is 4.98 Å². The van der Waals surface area contributed by atoms with Crippen LogP contribution in [0.25, 0.3) is 0 Å². The molecule has 0 bridgehead atoms. The Morgan fingerprint density at radius 2 is 2.26 bits per heavy atom. The van der Waals surface area contributed by atoms with Crippen LogP contribution in [-0.2, 0) is 7.05 Å². The number of nitrogens with zero attached hydrogens (tertiary/aromatic N) is 2. The number of halogens is 1. The number of aromatic nitrogens is 2. The van der Waals surface area contributed by atoms with Crippen LogP contribution in [0.3, 0.4) is 0 Å². The molecule has 1 N–H and O–H groups in total. The lowest BCUT2D eigenvalue weighted by molar-refractivity contribution is 0.414. The van der Waals surface area contributed by atoms with Crippen LogP contribution >= 0.6 is 11.6 Å². The molecular formula is C14H18ClN3O. The summed E-state index contributed by atoms with van der Waals surface area (Å²) in [6, 6.07) is 5.83. The van der Waals surface area contributed by atoms with Gasteiger partial charge in [-0.3, -0.25) is 0 Å². The molecule has 0 saturated heterocycles. The maximum atomic E-state index is 6.06. The molecule has 0 amide bonds. The second-order valence-corrected chi connectivity index (χ2v) is 4.76. The first-order chi connectivity index (χ1) is 9.15. The van der Waals surface area contributed by atoms with Gasteiger partial charge in [0, 0.05) is 13.2 Å². The third-order valence-corrected chi connectivity index (χ3v) is 3.25. The largest absolute Gasteiger partial charge is 0.495 e. The van der Waals surface area contributed by atoms with Crippen molar-refractivity contribution in [1.29, 1.82) is 0 Å². The van der Waals surface area contributed by atoms with Crippen LogP contribution < -0.4 is 10.1 Å². The fourth-order valence-corrected chi connectivity index (χ4v) is 2.23. The summed E-state index contributed by atoms with van der Waals surface area (Å²) >= 11 is 6.06. The third-order valence-electron chi connectivity index (χ3n) is 2.94. The fourth-order valence-electron chi connectivity index (χ4n) is 2.04. The molecule has 1 aromatic heterocycles. The maximum absolute atomic E-state index is 6.06. The molecule has 0 aliphatic rings. The first kappa shape index (κ1) is 13.9. The molecule has 2 rings (SSSR count). The zero-order valence-electron chi connectivity index (χ0n) is 11.4. The molecule has 102 valence electrons. The summed E-state index contributed by atoms with van der Waals surface area (Å²) in [5.74, 6) is 0.679. The third kappa shape index (κ3) is 3.08. The van der Waals surface area contributed by atoms with E-state index in [-0.39, 0.29) is 6.04 Å². The average molecular weight is 280 g/mol. The van der Waals surface area contributed by atoms with Gasteiger partial charge in [0.2, 0.25) is 0 Å². The van der Waals surface area contributed by atoms with E-state index in [4.69, 9.17) is 16.3 Å². The molecule has 0 fully saturated rings. The molecular weight excluding hydrogens is 262 g/mol. The van der Waals surface area contributed by atoms with Gasteiger partial charge >= 0.3 is 0 Å². The smallest absolute Gasteiger partial charge is 0.137 e. The minimum Gasteiger partial charge on any atom is -0.495 e. The minimum atomic E-state index is 0.0392. The van der Waals surface area contributed by atoms with Crippen molar-refractivity contribution in [2.45, 2.75) is 13.0 Å². The fraction of sp³-hybridized carbons (Fsp3) is 0.357. The molecule has 5 heteroatoms. The monoisotopic (exact) mass is 279 g/mol. The molecule has 4 nitrogen and oxygen atoms in total. The van der Waals surface area contributed by atoms with E-state index < -0.39 is 0 Å². The molecule has 2 aromatic rings. The van der Waals surface area contributed by atoms with Crippen LogP contribution in [0.4, 0.5) is 0 Å². The van der Waals surface area contributed by atoms with Crippen molar-refractivity contribution >= 4 is 11.6 Å². The van der Waals surface area contributed by atoms with Gasteiger partial charge in [0.25, 0.3) is 0 Å². The zero-order valence-corrected chi connectivity index (χ0v) is 12.1. The Labute approximate surface area is 118 Å². The number of imidazole rings is 1. The number of benzene rings is 1. The van der Waals surface area contributed by atoms with Gasteiger partial charge in [0.05, 0.1) is 30.2 Å². The van der Waals surface area contributed by atoms with Crippen LogP contribution in [0.2, 0.25) is 5.02 Å². The molecule has 0 aliphatic carbocycles. The van der Waals surface area contributed by atoms with Gasteiger partial charge in [-0.2, -0.15) is 0 Å². The topological polar surface area (TPSA) is 39.1 Å². The highest BCUT2D eigenvalue weighted by molar-refractivity contribution is 6.32. The number of aryl methyl sites for hydroxylation is 1. The second kappa shape index (κ2) is 6.08. The standard InChI is InChI=1S/C14H18ClN3O/c1-4-16-14(12-8-18(2)9-17-12)10-5-6-11(15)13(7-10)19-3/h5-9,14,16H,4H2,1-3H3. The molecule has 0 radical (unpaired) electrons. The average Bonchev–Trinajstić information content (AvgIpc) is 2.83. The molecule has 1 unspecified atom stereocenters. The van der Waals surface area contributed by atoms with Crippen molar-refractivity contribution in [2.24, 2.45) is 7.05 Å². The lowest BCUT2D eigenvalue weighted by atomic mass is 10.0. The number of ether oxygens (including phenoxy) is 1. The highest BCUT2D eigenvalue weighted by Crippen LogP contribution is 2.29. The van der Waals surface area contributed by atoms with E-state index in [1.165, 1.54) is 0 Å². The quantitative estimate of drug-likeness (QED) is 0.915. The van der Waals surface area contributed by atoms with E-state index in [1.807, 2.05) is 36.0 Å². The number of hydrogen-bond acceptors (Lipinski definition) is 3. The Hall–Kier alpha value is -1.52. The highest BCUT2D eigenvalue weighted by atomic mass is 35.5. The van der Waals surface area contributed by atoms with Crippen LogP contribution in [0, 0.1) is 0 Å². The van der Waals surface area contributed by atoms with Gasteiger partial charge in [0.1, 0.15) is 5.75 Å². The van der Waals surface area contributed by atoms with Crippen molar-refractivity contribution in [3.05, 3.63) is 47.0 Å². The van der Waals surface area contributed by atoms with Crippen molar-refractivity contribution in [2.75, 3.05) is 13.7 Å². The van der Waals surface area contributed by atoms with Crippen molar-refractivity contribution in [3.8, 4) is 5.75 Å². The highest BCUT2D eigenvalue weighted by Gasteiger charge is 2.17. The summed E-state index contributed by atoms with van der Waals surface area (Å²) in [7, 11) is 3.58. The predicted octanol–water partition coefficient (Wildman–Crippen LogP) is 2.78. The van der Waals surface area contributed by atoms with Gasteiger partial charge in [-0.1, -0.05) is 24.6 Å². The van der Waals surface area contributed by atoms with Crippen LogP contribution in [0.5, 0.6) is 5.75 Å². The summed E-state index contributed by atoms with van der Waals surface area (Å²) in [4.78, 5) is 4.42. The lowest BCUT2D eigenvalue weighted by Crippen LogP contribution is -2.22. The van der Waals surface area contributed by atoms with Crippen LogP contribution in [-0.4, -0.2) is 23.2 Å². The Morgan fingerprint density at radius 3 is 2.84 bits per heavy atom. The van der Waals surface area contributed by atoms with Gasteiger partial charge < -0.3 is 14.6 Å². The van der Waals surface area contributed by atoms with Crippen molar-refractivity contribution < 1.29 is 4.74 Å². The van der Waals surface area contributed by atoms with E-state index >= 15 is 0 Å². The predicted molar refractivity (Wildman–Crippen MR) is 76.7 cm³/mol. The molecule has 0 spiro atoms. The second-order valence-electron chi connectivity index (χ2n) is 4.35. The van der Waals surface area contributed by atoms with E-state index in [0.717, 1.165) is 17.8 Å². The van der Waals surface area contributed by atoms with E-state index in [1.54, 1.807) is 13.4 Å². The van der Waals surface area contributed by atoms with E-state index in [0.29, 0.717) is 10.8 Å². The van der Waals surface area contributed by atoms with E-state index in [9.17, 15) is 0 Å². The Balaban J connectivity index is 2.38. The lowest BCUT2D eigenvalue weighted by Gasteiger charge is -2.17. The number of nitrogens with one attached hydrogen (secondary N) is 1.